The molecule has 2 aromatic rings. The first-order chi connectivity index (χ1) is 9.60. The fourth-order valence-electron chi connectivity index (χ4n) is 1.65. The molecule has 5 nitrogen and oxygen atoms in total. The van der Waals surface area contributed by atoms with Crippen LogP contribution in [0.1, 0.15) is 20.7 Å². The molecule has 0 saturated carbocycles. The Labute approximate surface area is 115 Å². The van der Waals surface area contributed by atoms with E-state index in [0.717, 1.165) is 0 Å². The molecule has 0 saturated heterocycles. The van der Waals surface area contributed by atoms with Crippen LogP contribution in [-0.4, -0.2) is 24.0 Å². The summed E-state index contributed by atoms with van der Waals surface area (Å²) in [6.45, 7) is 0. The maximum Gasteiger partial charge on any atom is 0.335 e. The van der Waals surface area contributed by atoms with Crippen LogP contribution in [0.2, 0.25) is 0 Å². The van der Waals surface area contributed by atoms with Crippen LogP contribution in [0.3, 0.4) is 0 Å². The highest BCUT2D eigenvalue weighted by Gasteiger charge is 2.06. The summed E-state index contributed by atoms with van der Waals surface area (Å²) in [6.07, 6.45) is 0. The van der Waals surface area contributed by atoms with Gasteiger partial charge in [-0.05, 0) is 42.5 Å². The largest absolute Gasteiger partial charge is 0.478 e. The maximum absolute atomic E-state index is 11.4. The Morgan fingerprint density at radius 2 is 1.70 bits per heavy atom. The highest BCUT2D eigenvalue weighted by molar-refractivity contribution is 5.94. The molecule has 1 amide bonds. The summed E-state index contributed by atoms with van der Waals surface area (Å²) in [4.78, 5) is 22.2. The first-order valence-corrected chi connectivity index (χ1v) is 5.93. The molecule has 0 radical (unpaired) electrons. The van der Waals surface area contributed by atoms with Crippen LogP contribution in [0, 0.1) is 0 Å². The molecule has 102 valence electrons. The van der Waals surface area contributed by atoms with Crippen molar-refractivity contribution >= 4 is 11.9 Å². The molecule has 0 bridgehead atoms. The van der Waals surface area contributed by atoms with Gasteiger partial charge in [0.05, 0.1) is 5.56 Å². The predicted molar refractivity (Wildman–Crippen MR) is 73.3 cm³/mol. The molecule has 0 heterocycles. The van der Waals surface area contributed by atoms with Crippen LogP contribution in [-0.2, 0) is 0 Å². The van der Waals surface area contributed by atoms with Crippen molar-refractivity contribution in [3.63, 3.8) is 0 Å². The van der Waals surface area contributed by atoms with E-state index in [1.54, 1.807) is 43.4 Å². The number of carboxylic acid groups (broad SMARTS) is 1. The molecule has 0 aromatic heterocycles. The standard InChI is InChI=1S/C15H13NO4/c1-16-14(17)10-5-7-12(8-6-10)20-13-4-2-3-11(9-13)15(18)19/h2-9H,1H3,(H,16,17)(H,18,19). The molecule has 0 fully saturated rings. The van der Waals surface area contributed by atoms with Gasteiger partial charge in [0.2, 0.25) is 0 Å². The van der Waals surface area contributed by atoms with Crippen molar-refractivity contribution in [1.82, 2.24) is 5.32 Å². The van der Waals surface area contributed by atoms with Gasteiger partial charge < -0.3 is 15.2 Å². The maximum atomic E-state index is 11.4. The molecule has 0 unspecified atom stereocenters. The summed E-state index contributed by atoms with van der Waals surface area (Å²) in [5, 5.41) is 11.4. The van der Waals surface area contributed by atoms with Gasteiger partial charge >= 0.3 is 5.97 Å². The second-order valence-corrected chi connectivity index (χ2v) is 4.04. The monoisotopic (exact) mass is 271 g/mol. The van der Waals surface area contributed by atoms with E-state index >= 15 is 0 Å². The Bertz CT molecular complexity index is 635. The average molecular weight is 271 g/mol. The van der Waals surface area contributed by atoms with Gasteiger partial charge in [-0.25, -0.2) is 4.79 Å². The smallest absolute Gasteiger partial charge is 0.335 e. The average Bonchev–Trinajstić information content (AvgIpc) is 2.47. The summed E-state index contributed by atoms with van der Waals surface area (Å²) in [5.74, 6) is -0.229. The normalized spacial score (nSPS) is 9.85. The van der Waals surface area contributed by atoms with Gasteiger partial charge in [-0.2, -0.15) is 0 Å². The molecular formula is C15H13NO4. The lowest BCUT2D eigenvalue weighted by Gasteiger charge is -2.07. The van der Waals surface area contributed by atoms with Crippen LogP contribution in [0.4, 0.5) is 0 Å². The molecule has 0 aliphatic rings. The number of amides is 1. The predicted octanol–water partition coefficient (Wildman–Crippen LogP) is 2.54. The fourth-order valence-corrected chi connectivity index (χ4v) is 1.65. The van der Waals surface area contributed by atoms with Gasteiger partial charge in [0.1, 0.15) is 11.5 Å². The van der Waals surface area contributed by atoms with E-state index in [1.165, 1.54) is 12.1 Å². The van der Waals surface area contributed by atoms with Crippen LogP contribution >= 0.6 is 0 Å². The molecule has 5 heteroatoms. The zero-order chi connectivity index (χ0) is 14.5. The number of carboxylic acids is 1. The number of benzene rings is 2. The number of nitrogens with one attached hydrogen (secondary N) is 1. The molecule has 0 aliphatic carbocycles. The topological polar surface area (TPSA) is 75.6 Å². The Morgan fingerprint density at radius 1 is 1.00 bits per heavy atom. The van der Waals surface area contributed by atoms with Gasteiger partial charge in [0.15, 0.2) is 0 Å². The Kier molecular flexibility index (Phi) is 4.00. The summed E-state index contributed by atoms with van der Waals surface area (Å²) in [7, 11) is 1.56. The Hall–Kier alpha value is -2.82. The van der Waals surface area contributed by atoms with Gasteiger partial charge in [-0.1, -0.05) is 6.07 Å². The van der Waals surface area contributed by atoms with Crippen LogP contribution < -0.4 is 10.1 Å². The number of hydrogen-bond donors (Lipinski definition) is 2. The van der Waals surface area contributed by atoms with Crippen LogP contribution in [0.15, 0.2) is 48.5 Å². The summed E-state index contributed by atoms with van der Waals surface area (Å²) in [6, 6.07) is 12.8. The van der Waals surface area contributed by atoms with E-state index in [2.05, 4.69) is 5.32 Å². The molecule has 2 N–H and O–H groups in total. The summed E-state index contributed by atoms with van der Waals surface area (Å²) < 4.78 is 5.54. The summed E-state index contributed by atoms with van der Waals surface area (Å²) >= 11 is 0. The molecule has 0 spiro atoms. The van der Waals surface area contributed by atoms with Gasteiger partial charge in [-0.15, -0.1) is 0 Å². The van der Waals surface area contributed by atoms with Gasteiger partial charge in [0.25, 0.3) is 5.91 Å². The lowest BCUT2D eigenvalue weighted by molar-refractivity contribution is 0.0696. The molecule has 2 rings (SSSR count). The fraction of sp³-hybridized carbons (Fsp3) is 0.0667. The third kappa shape index (κ3) is 3.14. The van der Waals surface area contributed by atoms with Gasteiger partial charge in [-0.3, -0.25) is 4.79 Å². The number of carbonyl (C=O) groups excluding carboxylic acids is 1. The minimum atomic E-state index is -1.01. The second kappa shape index (κ2) is 5.88. The Morgan fingerprint density at radius 3 is 2.30 bits per heavy atom. The molecule has 0 aliphatic heterocycles. The van der Waals surface area contributed by atoms with Crippen molar-refractivity contribution in [2.75, 3.05) is 7.05 Å². The van der Waals surface area contributed by atoms with E-state index in [1.807, 2.05) is 0 Å². The van der Waals surface area contributed by atoms with Crippen LogP contribution in [0.5, 0.6) is 11.5 Å². The molecule has 20 heavy (non-hydrogen) atoms. The Balaban J connectivity index is 2.16. The number of aromatic carboxylic acids is 1. The SMILES string of the molecule is CNC(=O)c1ccc(Oc2cccc(C(=O)O)c2)cc1. The highest BCUT2D eigenvalue weighted by Crippen LogP contribution is 2.22. The lowest BCUT2D eigenvalue weighted by atomic mass is 10.2. The minimum absolute atomic E-state index is 0.157. The van der Waals surface area contributed by atoms with Crippen molar-refractivity contribution in [1.29, 1.82) is 0 Å². The minimum Gasteiger partial charge on any atom is -0.478 e. The van der Waals surface area contributed by atoms with E-state index in [4.69, 9.17) is 9.84 Å². The van der Waals surface area contributed by atoms with E-state index in [-0.39, 0.29) is 11.5 Å². The van der Waals surface area contributed by atoms with Crippen molar-refractivity contribution in [3.05, 3.63) is 59.7 Å². The zero-order valence-electron chi connectivity index (χ0n) is 10.8. The number of ether oxygens (including phenoxy) is 1. The molecule has 0 atom stereocenters. The van der Waals surface area contributed by atoms with Crippen molar-refractivity contribution in [2.45, 2.75) is 0 Å². The van der Waals surface area contributed by atoms with Gasteiger partial charge in [0, 0.05) is 12.6 Å². The third-order valence-electron chi connectivity index (χ3n) is 2.66. The van der Waals surface area contributed by atoms with Crippen molar-refractivity contribution in [2.24, 2.45) is 0 Å². The zero-order valence-corrected chi connectivity index (χ0v) is 10.8. The van der Waals surface area contributed by atoms with Crippen LogP contribution in [0.25, 0.3) is 0 Å². The van der Waals surface area contributed by atoms with E-state index in [0.29, 0.717) is 17.1 Å². The lowest BCUT2D eigenvalue weighted by Crippen LogP contribution is -2.17. The molecule has 2 aromatic carbocycles. The molecular weight excluding hydrogens is 258 g/mol. The number of carbonyl (C=O) groups is 2. The van der Waals surface area contributed by atoms with E-state index < -0.39 is 5.97 Å². The first kappa shape index (κ1) is 13.6. The number of rotatable bonds is 4. The summed E-state index contributed by atoms with van der Waals surface area (Å²) in [5.41, 5.74) is 0.684. The van der Waals surface area contributed by atoms with E-state index in [9.17, 15) is 9.59 Å². The second-order valence-electron chi connectivity index (χ2n) is 4.04. The highest BCUT2D eigenvalue weighted by atomic mass is 16.5. The first-order valence-electron chi connectivity index (χ1n) is 5.93. The van der Waals surface area contributed by atoms with Crippen molar-refractivity contribution in [3.8, 4) is 11.5 Å². The number of hydrogen-bond acceptors (Lipinski definition) is 3. The quantitative estimate of drug-likeness (QED) is 0.896. The third-order valence-corrected chi connectivity index (χ3v) is 2.66. The van der Waals surface area contributed by atoms with Crippen molar-refractivity contribution < 1.29 is 19.4 Å².